The molecule has 1 aliphatic heterocycles. The van der Waals surface area contributed by atoms with Crippen molar-refractivity contribution >= 4 is 0 Å². The number of benzene rings is 1. The van der Waals surface area contributed by atoms with Gasteiger partial charge < -0.3 is 14.9 Å². The molecule has 1 aromatic rings. The summed E-state index contributed by atoms with van der Waals surface area (Å²) in [6.07, 6.45) is 2.22. The van der Waals surface area contributed by atoms with E-state index < -0.39 is 6.10 Å². The third kappa shape index (κ3) is 4.70. The number of nitrogens with zero attached hydrogens (tertiary/aromatic N) is 2. The van der Waals surface area contributed by atoms with Gasteiger partial charge in [0.05, 0.1) is 17.7 Å². The number of piperidine rings is 1. The van der Waals surface area contributed by atoms with E-state index in [1.165, 1.54) is 0 Å². The molecule has 0 spiro atoms. The van der Waals surface area contributed by atoms with E-state index in [1.54, 1.807) is 24.3 Å². The summed E-state index contributed by atoms with van der Waals surface area (Å²) in [6.45, 7) is 3.42. The first kappa shape index (κ1) is 16.8. The lowest BCUT2D eigenvalue weighted by atomic mass is 9.98. The Hall–Kier alpha value is -1.61. The minimum absolute atomic E-state index is 0.123. The Bertz CT molecular complexity index is 496. The van der Waals surface area contributed by atoms with Crippen LogP contribution in [0, 0.1) is 11.3 Å². The van der Waals surface area contributed by atoms with Gasteiger partial charge in [-0.1, -0.05) is 6.42 Å². The number of nitriles is 1. The van der Waals surface area contributed by atoms with E-state index in [2.05, 4.69) is 11.0 Å². The van der Waals surface area contributed by atoms with Gasteiger partial charge in [0.15, 0.2) is 0 Å². The van der Waals surface area contributed by atoms with Gasteiger partial charge in [0.2, 0.25) is 0 Å². The summed E-state index contributed by atoms with van der Waals surface area (Å²) in [5.74, 6) is 0.642. The van der Waals surface area contributed by atoms with Crippen LogP contribution in [0.4, 0.5) is 0 Å². The average Bonchev–Trinajstić information content (AvgIpc) is 2.53. The zero-order valence-electron chi connectivity index (χ0n) is 13.0. The van der Waals surface area contributed by atoms with Crippen molar-refractivity contribution in [2.45, 2.75) is 44.4 Å². The maximum absolute atomic E-state index is 10.2. The summed E-state index contributed by atoms with van der Waals surface area (Å²) in [4.78, 5) is 2.15. The first-order valence-electron chi connectivity index (χ1n) is 7.83. The first-order valence-corrected chi connectivity index (χ1v) is 7.83. The van der Waals surface area contributed by atoms with E-state index in [-0.39, 0.29) is 18.8 Å². The minimum Gasteiger partial charge on any atom is -0.491 e. The van der Waals surface area contributed by atoms with Crippen LogP contribution in [0.2, 0.25) is 0 Å². The van der Waals surface area contributed by atoms with Gasteiger partial charge in [0.25, 0.3) is 0 Å². The molecule has 1 fully saturated rings. The zero-order chi connectivity index (χ0) is 15.9. The first-order chi connectivity index (χ1) is 10.6. The number of aliphatic hydroxyl groups excluding tert-OH is 2. The maximum Gasteiger partial charge on any atom is 0.119 e. The van der Waals surface area contributed by atoms with Crippen molar-refractivity contribution in [3.05, 3.63) is 29.8 Å². The van der Waals surface area contributed by atoms with E-state index in [1.807, 2.05) is 6.92 Å². The largest absolute Gasteiger partial charge is 0.491 e. The van der Waals surface area contributed by atoms with Gasteiger partial charge in [-0.2, -0.15) is 5.26 Å². The third-order valence-electron chi connectivity index (χ3n) is 4.09. The number of hydrogen-bond donors (Lipinski definition) is 2. The average molecular weight is 304 g/mol. The van der Waals surface area contributed by atoms with Gasteiger partial charge in [-0.15, -0.1) is 0 Å². The molecule has 2 rings (SSSR count). The molecule has 5 nitrogen and oxygen atoms in total. The van der Waals surface area contributed by atoms with Crippen LogP contribution < -0.4 is 4.74 Å². The summed E-state index contributed by atoms with van der Waals surface area (Å²) < 4.78 is 5.56. The third-order valence-corrected chi connectivity index (χ3v) is 4.09. The predicted octanol–water partition coefficient (Wildman–Crippen LogP) is 1.53. The maximum atomic E-state index is 10.2. The molecule has 5 heteroatoms. The highest BCUT2D eigenvalue weighted by atomic mass is 16.5. The fraction of sp³-hybridized carbons (Fsp3) is 0.588. The highest BCUT2D eigenvalue weighted by molar-refractivity contribution is 5.34. The van der Waals surface area contributed by atoms with Crippen molar-refractivity contribution in [3.63, 3.8) is 0 Å². The lowest BCUT2D eigenvalue weighted by Gasteiger charge is -2.38. The van der Waals surface area contributed by atoms with Crippen LogP contribution in [0.25, 0.3) is 0 Å². The molecule has 1 saturated heterocycles. The molecule has 1 heterocycles. The fourth-order valence-electron chi connectivity index (χ4n) is 2.93. The van der Waals surface area contributed by atoms with Crippen molar-refractivity contribution < 1.29 is 14.9 Å². The Morgan fingerprint density at radius 3 is 2.68 bits per heavy atom. The summed E-state index contributed by atoms with van der Waals surface area (Å²) in [5.41, 5.74) is 0.584. The van der Waals surface area contributed by atoms with E-state index in [9.17, 15) is 10.2 Å². The molecule has 1 aliphatic rings. The molecule has 0 amide bonds. The molecule has 3 atom stereocenters. The van der Waals surface area contributed by atoms with Gasteiger partial charge >= 0.3 is 0 Å². The molecule has 0 saturated carbocycles. The zero-order valence-corrected chi connectivity index (χ0v) is 13.0. The number of ether oxygens (including phenoxy) is 1. The van der Waals surface area contributed by atoms with Gasteiger partial charge in [0.1, 0.15) is 18.5 Å². The number of β-amino-alcohol motifs (C(OH)–C–C–N with tert-alkyl or cyclic N) is 1. The van der Waals surface area contributed by atoms with E-state index in [0.717, 1.165) is 25.8 Å². The van der Waals surface area contributed by atoms with Crippen molar-refractivity contribution in [1.82, 2.24) is 4.90 Å². The SMILES string of the molecule is CC(O)C1CCCCN1CC(O)COc1ccc(C#N)cc1. The monoisotopic (exact) mass is 304 g/mol. The molecule has 120 valence electrons. The summed E-state index contributed by atoms with van der Waals surface area (Å²) in [7, 11) is 0. The van der Waals surface area contributed by atoms with Crippen molar-refractivity contribution in [1.29, 1.82) is 5.26 Å². The number of likely N-dealkylation sites (tertiary alicyclic amines) is 1. The molecule has 1 aromatic carbocycles. The van der Waals surface area contributed by atoms with Crippen LogP contribution in [0.15, 0.2) is 24.3 Å². The molecule has 0 aromatic heterocycles. The van der Waals surface area contributed by atoms with Crippen molar-refractivity contribution in [3.8, 4) is 11.8 Å². The summed E-state index contributed by atoms with van der Waals surface area (Å²) >= 11 is 0. The molecule has 3 unspecified atom stereocenters. The Morgan fingerprint density at radius 1 is 1.32 bits per heavy atom. The Kier molecular flexibility index (Phi) is 6.20. The van der Waals surface area contributed by atoms with Crippen LogP contribution in [0.3, 0.4) is 0 Å². The fourth-order valence-corrected chi connectivity index (χ4v) is 2.93. The van der Waals surface area contributed by atoms with Crippen LogP contribution in [0.1, 0.15) is 31.7 Å². The molecule has 22 heavy (non-hydrogen) atoms. The normalized spacial score (nSPS) is 21.8. The molecule has 0 radical (unpaired) electrons. The second-order valence-corrected chi connectivity index (χ2v) is 5.90. The topological polar surface area (TPSA) is 76.7 Å². The summed E-state index contributed by atoms with van der Waals surface area (Å²) in [6, 6.07) is 9.01. The number of hydrogen-bond acceptors (Lipinski definition) is 5. The minimum atomic E-state index is -0.602. The smallest absolute Gasteiger partial charge is 0.119 e. The van der Waals surface area contributed by atoms with E-state index in [0.29, 0.717) is 17.9 Å². The molecule has 0 bridgehead atoms. The second kappa shape index (κ2) is 8.14. The number of rotatable bonds is 6. The standard InChI is InChI=1S/C17H24N2O3/c1-13(20)17-4-2-3-9-19(17)11-15(21)12-22-16-7-5-14(10-18)6-8-16/h5-8,13,15,17,20-21H,2-4,9,11-12H2,1H3. The molecule has 0 aliphatic carbocycles. The predicted molar refractivity (Wildman–Crippen MR) is 83.6 cm³/mol. The van der Waals surface area contributed by atoms with Crippen molar-refractivity contribution in [2.24, 2.45) is 0 Å². The van der Waals surface area contributed by atoms with Crippen LogP contribution >= 0.6 is 0 Å². The van der Waals surface area contributed by atoms with Gasteiger partial charge in [0, 0.05) is 12.6 Å². The number of aliphatic hydroxyl groups is 2. The Labute approximate surface area is 131 Å². The van der Waals surface area contributed by atoms with Gasteiger partial charge in [-0.25, -0.2) is 0 Å². The van der Waals surface area contributed by atoms with E-state index in [4.69, 9.17) is 10.00 Å². The van der Waals surface area contributed by atoms with Gasteiger partial charge in [-0.3, -0.25) is 4.90 Å². The summed E-state index contributed by atoms with van der Waals surface area (Å²) in [5, 5.41) is 28.7. The quantitative estimate of drug-likeness (QED) is 0.833. The Morgan fingerprint density at radius 2 is 2.05 bits per heavy atom. The second-order valence-electron chi connectivity index (χ2n) is 5.90. The lowest BCUT2D eigenvalue weighted by Crippen LogP contribution is -2.49. The molecular weight excluding hydrogens is 280 g/mol. The van der Waals surface area contributed by atoms with Crippen LogP contribution in [-0.2, 0) is 0 Å². The highest BCUT2D eigenvalue weighted by Gasteiger charge is 2.27. The van der Waals surface area contributed by atoms with Crippen LogP contribution in [-0.4, -0.2) is 53.1 Å². The van der Waals surface area contributed by atoms with Crippen LogP contribution in [0.5, 0.6) is 5.75 Å². The van der Waals surface area contributed by atoms with E-state index >= 15 is 0 Å². The molecule has 2 N–H and O–H groups in total. The highest BCUT2D eigenvalue weighted by Crippen LogP contribution is 2.20. The lowest BCUT2D eigenvalue weighted by molar-refractivity contribution is -0.00277. The van der Waals surface area contributed by atoms with Crippen molar-refractivity contribution in [2.75, 3.05) is 19.7 Å². The Balaban J connectivity index is 1.81. The van der Waals surface area contributed by atoms with Gasteiger partial charge in [-0.05, 0) is 50.6 Å². The molecular formula is C17H24N2O3.